The van der Waals surface area contributed by atoms with Crippen LogP contribution in [0.15, 0.2) is 47.6 Å². The number of ether oxygens (including phenoxy) is 1. The van der Waals surface area contributed by atoms with Gasteiger partial charge in [-0.3, -0.25) is 4.90 Å². The number of nitrogens with two attached hydrogens (primary N) is 2. The van der Waals surface area contributed by atoms with Gasteiger partial charge >= 0.3 is 0 Å². The fraction of sp³-hybridized carbons (Fsp3) is 0.455. The van der Waals surface area contributed by atoms with E-state index in [0.29, 0.717) is 24.6 Å². The highest BCUT2D eigenvalue weighted by Crippen LogP contribution is 2.37. The molecule has 0 spiro atoms. The molecule has 0 saturated carbocycles. The number of aliphatic imine (C=N–C) groups is 1. The zero-order valence-corrected chi connectivity index (χ0v) is 19.8. The minimum Gasteiger partial charge on any atom is -0.378 e. The van der Waals surface area contributed by atoms with Gasteiger partial charge in [0.1, 0.15) is 11.9 Å². The number of benzene rings is 1. The van der Waals surface area contributed by atoms with Gasteiger partial charge < -0.3 is 25.7 Å². The molecule has 2 unspecified atom stereocenters. The van der Waals surface area contributed by atoms with Crippen LogP contribution in [0.1, 0.15) is 30.7 Å². The number of guanidine groups is 1. The molecule has 11 nitrogen and oxygen atoms in total. The largest absolute Gasteiger partial charge is 0.378 e. The van der Waals surface area contributed by atoms with E-state index in [2.05, 4.69) is 21.5 Å². The van der Waals surface area contributed by atoms with E-state index >= 15 is 0 Å². The summed E-state index contributed by atoms with van der Waals surface area (Å²) in [6.07, 6.45) is 2.61. The normalized spacial score (nSPS) is 24.0. The number of sulfonamides is 1. The molecule has 0 amide bonds. The number of hydrogen-bond acceptors (Lipinski definition) is 9. The Labute approximate surface area is 199 Å². The van der Waals surface area contributed by atoms with E-state index in [0.717, 1.165) is 55.9 Å². The molecule has 3 aliphatic rings. The summed E-state index contributed by atoms with van der Waals surface area (Å²) >= 11 is 0. The summed E-state index contributed by atoms with van der Waals surface area (Å²) < 4.78 is 33.3. The van der Waals surface area contributed by atoms with Crippen LogP contribution in [0.2, 0.25) is 0 Å². The number of fused-ring (bicyclic) bond motifs is 1. The molecular formula is C22H30N8O3S. The number of morpholine rings is 1. The summed E-state index contributed by atoms with van der Waals surface area (Å²) in [5.41, 5.74) is 15.5. The minimum atomic E-state index is -3.49. The second-order valence-electron chi connectivity index (χ2n) is 8.63. The van der Waals surface area contributed by atoms with Crippen molar-refractivity contribution in [2.75, 3.05) is 49.2 Å². The maximum atomic E-state index is 12.3. The Morgan fingerprint density at radius 1 is 1.12 bits per heavy atom. The summed E-state index contributed by atoms with van der Waals surface area (Å²) in [6, 6.07) is 7.95. The summed E-state index contributed by atoms with van der Waals surface area (Å²) in [4.78, 5) is 13.2. The smallest absolute Gasteiger partial charge is 0.235 e. The van der Waals surface area contributed by atoms with Crippen molar-refractivity contribution >= 4 is 33.2 Å². The zero-order valence-electron chi connectivity index (χ0n) is 19.0. The maximum absolute atomic E-state index is 12.3. The molecule has 1 aromatic heterocycles. The van der Waals surface area contributed by atoms with Crippen LogP contribution in [0, 0.1) is 0 Å². The van der Waals surface area contributed by atoms with Crippen molar-refractivity contribution in [2.24, 2.45) is 16.5 Å². The van der Waals surface area contributed by atoms with Gasteiger partial charge in [0.2, 0.25) is 16.0 Å². The van der Waals surface area contributed by atoms with Crippen molar-refractivity contribution in [3.63, 3.8) is 0 Å². The molecule has 0 radical (unpaired) electrons. The molecule has 12 heteroatoms. The molecule has 5 rings (SSSR count). The summed E-state index contributed by atoms with van der Waals surface area (Å²) in [6.45, 7) is 7.41. The van der Waals surface area contributed by atoms with Gasteiger partial charge in [0, 0.05) is 43.0 Å². The van der Waals surface area contributed by atoms with Crippen molar-refractivity contribution in [2.45, 2.75) is 25.0 Å². The first-order chi connectivity index (χ1) is 16.4. The lowest BCUT2D eigenvalue weighted by Crippen LogP contribution is -2.46. The average Bonchev–Trinajstić information content (AvgIpc) is 3.29. The molecule has 1 aromatic carbocycles. The van der Waals surface area contributed by atoms with Crippen LogP contribution in [0.25, 0.3) is 0 Å². The Balaban J connectivity index is 1.39. The van der Waals surface area contributed by atoms with Crippen molar-refractivity contribution < 1.29 is 13.2 Å². The van der Waals surface area contributed by atoms with Gasteiger partial charge in [-0.25, -0.2) is 13.4 Å². The van der Waals surface area contributed by atoms with E-state index in [4.69, 9.17) is 16.2 Å². The van der Waals surface area contributed by atoms with Gasteiger partial charge in [0.05, 0.1) is 25.6 Å². The number of hydrogen-bond donors (Lipinski definition) is 2. The Kier molecular flexibility index (Phi) is 6.06. The average molecular weight is 487 g/mol. The quantitative estimate of drug-likeness (QED) is 0.645. The predicted octanol–water partition coefficient (Wildman–Crippen LogP) is 1.25. The number of piperidine rings is 1. The number of nitrogens with zero attached hydrogens (tertiary/aromatic N) is 6. The molecule has 2 aromatic rings. The second-order valence-corrected chi connectivity index (χ2v) is 10.5. The van der Waals surface area contributed by atoms with Crippen LogP contribution < -0.4 is 21.3 Å². The van der Waals surface area contributed by atoms with Crippen molar-refractivity contribution in [1.29, 1.82) is 0 Å². The second kappa shape index (κ2) is 9.02. The third kappa shape index (κ3) is 4.06. The SMILES string of the molecule is C=CS(=O)(=O)N1CCCC(n2cnc3c2N=C(N)N(c2ccc(N4CCOCC4)cc2)C3N)C1. The Hall–Kier alpha value is -2.93. The van der Waals surface area contributed by atoms with Gasteiger partial charge in [-0.2, -0.15) is 9.30 Å². The monoisotopic (exact) mass is 486 g/mol. The van der Waals surface area contributed by atoms with Crippen molar-refractivity contribution in [3.8, 4) is 0 Å². The standard InChI is InChI=1S/C22H30N8O3S/c1-2-34(31,32)28-9-3-4-18(14-28)29-15-25-19-20(23)30(22(24)26-21(19)29)17-7-5-16(6-8-17)27-10-12-33-13-11-27/h2,5-8,15,18,20H,1,3-4,9-14,23H2,(H2,24,26). The lowest BCUT2D eigenvalue weighted by Gasteiger charge is -2.35. The summed E-state index contributed by atoms with van der Waals surface area (Å²) in [5.74, 6) is 0.848. The van der Waals surface area contributed by atoms with Crippen LogP contribution in [-0.4, -0.2) is 67.6 Å². The van der Waals surface area contributed by atoms with Crippen LogP contribution >= 0.6 is 0 Å². The van der Waals surface area contributed by atoms with Crippen LogP contribution in [-0.2, 0) is 14.8 Å². The Morgan fingerprint density at radius 3 is 2.53 bits per heavy atom. The Morgan fingerprint density at radius 2 is 1.82 bits per heavy atom. The first-order valence-corrected chi connectivity index (χ1v) is 12.9. The van der Waals surface area contributed by atoms with Crippen molar-refractivity contribution in [3.05, 3.63) is 48.3 Å². The van der Waals surface area contributed by atoms with Crippen molar-refractivity contribution in [1.82, 2.24) is 13.9 Å². The minimum absolute atomic E-state index is 0.108. The predicted molar refractivity (Wildman–Crippen MR) is 131 cm³/mol. The molecule has 2 saturated heterocycles. The highest BCUT2D eigenvalue weighted by atomic mass is 32.2. The maximum Gasteiger partial charge on any atom is 0.235 e. The lowest BCUT2D eigenvalue weighted by molar-refractivity contribution is 0.122. The molecule has 3 aliphatic heterocycles. The number of aromatic nitrogens is 2. The highest BCUT2D eigenvalue weighted by molar-refractivity contribution is 7.92. The number of imidazole rings is 1. The molecule has 0 aliphatic carbocycles. The first kappa shape index (κ1) is 22.8. The molecule has 4 heterocycles. The zero-order chi connectivity index (χ0) is 23.9. The van der Waals surface area contributed by atoms with Crippen LogP contribution in [0.4, 0.5) is 17.2 Å². The Bertz CT molecular complexity index is 1190. The molecule has 182 valence electrons. The van der Waals surface area contributed by atoms with Gasteiger partial charge in [-0.1, -0.05) is 6.58 Å². The lowest BCUT2D eigenvalue weighted by atomic mass is 10.1. The van der Waals surface area contributed by atoms with Crippen LogP contribution in [0.3, 0.4) is 0 Å². The van der Waals surface area contributed by atoms with Gasteiger partial charge in [0.25, 0.3) is 0 Å². The number of anilines is 2. The van der Waals surface area contributed by atoms with Gasteiger partial charge in [0.15, 0.2) is 5.82 Å². The first-order valence-electron chi connectivity index (χ1n) is 11.4. The van der Waals surface area contributed by atoms with E-state index in [1.54, 1.807) is 11.2 Å². The van der Waals surface area contributed by atoms with E-state index in [1.165, 1.54) is 4.31 Å². The van der Waals surface area contributed by atoms with E-state index in [-0.39, 0.29) is 12.0 Å². The molecule has 34 heavy (non-hydrogen) atoms. The number of rotatable bonds is 5. The van der Waals surface area contributed by atoms with Gasteiger partial charge in [-0.15, -0.1) is 0 Å². The van der Waals surface area contributed by atoms with Gasteiger partial charge in [-0.05, 0) is 37.1 Å². The van der Waals surface area contributed by atoms with E-state index in [1.807, 2.05) is 28.8 Å². The molecule has 4 N–H and O–H groups in total. The summed E-state index contributed by atoms with van der Waals surface area (Å²) in [7, 11) is -3.49. The molecule has 2 fully saturated rings. The topological polar surface area (TPSA) is 135 Å². The third-order valence-corrected chi connectivity index (χ3v) is 8.12. The van der Waals surface area contributed by atoms with E-state index < -0.39 is 16.2 Å². The summed E-state index contributed by atoms with van der Waals surface area (Å²) in [5, 5.41) is 0.993. The molecular weight excluding hydrogens is 456 g/mol. The third-order valence-electron chi connectivity index (χ3n) is 6.65. The molecule has 2 atom stereocenters. The molecule has 0 bridgehead atoms. The highest BCUT2D eigenvalue weighted by Gasteiger charge is 2.34. The van der Waals surface area contributed by atoms with E-state index in [9.17, 15) is 8.42 Å². The van der Waals surface area contributed by atoms with Crippen LogP contribution in [0.5, 0.6) is 0 Å². The fourth-order valence-electron chi connectivity index (χ4n) is 4.81. The fourth-order valence-corrected chi connectivity index (χ4v) is 5.78.